The van der Waals surface area contributed by atoms with Crippen LogP contribution in [0.2, 0.25) is 5.02 Å². The van der Waals surface area contributed by atoms with Crippen LogP contribution >= 0.6 is 23.4 Å². The minimum Gasteiger partial charge on any atom is -0.341 e. The first kappa shape index (κ1) is 13.7. The van der Waals surface area contributed by atoms with E-state index in [9.17, 15) is 0 Å². The van der Waals surface area contributed by atoms with Crippen LogP contribution in [0.1, 0.15) is 11.6 Å². The smallest absolute Gasteiger partial charge is 0.0797 e. The van der Waals surface area contributed by atoms with Gasteiger partial charge in [0, 0.05) is 48.8 Å². The summed E-state index contributed by atoms with van der Waals surface area (Å²) in [6.45, 7) is 5.33. The molecule has 4 rings (SSSR count). The zero-order valence-corrected chi connectivity index (χ0v) is 13.3. The van der Waals surface area contributed by atoms with Crippen LogP contribution in [0.5, 0.6) is 0 Å². The molecule has 2 aromatic rings. The standard InChI is InChI=1S/C16H18ClN3S/c17-12-3-4-15-13(10-12)14(19-8-5-18-6-9-19)11-20-7-1-2-16(20)21-15/h1-4,7,10,14,18H,5-6,8-9,11H2/t14-/m1/s1. The molecular weight excluding hydrogens is 302 g/mol. The first-order valence-electron chi connectivity index (χ1n) is 7.38. The van der Waals surface area contributed by atoms with Gasteiger partial charge in [0.1, 0.15) is 0 Å². The largest absolute Gasteiger partial charge is 0.341 e. The van der Waals surface area contributed by atoms with Crippen molar-refractivity contribution in [1.29, 1.82) is 0 Å². The van der Waals surface area contributed by atoms with E-state index in [1.165, 1.54) is 15.5 Å². The zero-order chi connectivity index (χ0) is 14.2. The van der Waals surface area contributed by atoms with E-state index in [4.69, 9.17) is 11.6 Å². The Kier molecular flexibility index (Phi) is 3.71. The fourth-order valence-electron chi connectivity index (χ4n) is 3.22. The van der Waals surface area contributed by atoms with Gasteiger partial charge >= 0.3 is 0 Å². The molecule has 1 aromatic heterocycles. The second kappa shape index (κ2) is 5.69. The SMILES string of the molecule is Clc1ccc2c(c1)[C@H](N1CCNCC1)Cn1cccc1S2. The average molecular weight is 320 g/mol. The molecule has 1 fully saturated rings. The van der Waals surface area contributed by atoms with Crippen molar-refractivity contribution in [1.82, 2.24) is 14.8 Å². The molecule has 0 aliphatic carbocycles. The van der Waals surface area contributed by atoms with Gasteiger partial charge in [-0.1, -0.05) is 23.4 Å². The van der Waals surface area contributed by atoms with Gasteiger partial charge in [-0.3, -0.25) is 4.90 Å². The summed E-state index contributed by atoms with van der Waals surface area (Å²) in [7, 11) is 0. The lowest BCUT2D eigenvalue weighted by Crippen LogP contribution is -2.46. The second-order valence-corrected chi connectivity index (χ2v) is 7.08. The number of hydrogen-bond acceptors (Lipinski definition) is 3. The van der Waals surface area contributed by atoms with Crippen LogP contribution < -0.4 is 5.32 Å². The minimum absolute atomic E-state index is 0.405. The molecule has 3 nitrogen and oxygen atoms in total. The summed E-state index contributed by atoms with van der Waals surface area (Å²) in [6.07, 6.45) is 2.19. The normalized spacial score (nSPS) is 22.4. The van der Waals surface area contributed by atoms with Crippen LogP contribution in [0, 0.1) is 0 Å². The van der Waals surface area contributed by atoms with Crippen molar-refractivity contribution in [3.63, 3.8) is 0 Å². The molecule has 110 valence electrons. The number of rotatable bonds is 1. The van der Waals surface area contributed by atoms with Crippen molar-refractivity contribution >= 4 is 23.4 Å². The van der Waals surface area contributed by atoms with Gasteiger partial charge in [0.05, 0.1) is 11.1 Å². The number of halogens is 1. The summed E-state index contributed by atoms with van der Waals surface area (Å²) >= 11 is 8.12. The van der Waals surface area contributed by atoms with Crippen LogP contribution in [0.15, 0.2) is 46.5 Å². The van der Waals surface area contributed by atoms with Gasteiger partial charge in [0.2, 0.25) is 0 Å². The summed E-state index contributed by atoms with van der Waals surface area (Å²) in [5, 5.41) is 5.59. The molecular formula is C16H18ClN3S. The van der Waals surface area contributed by atoms with E-state index < -0.39 is 0 Å². The Morgan fingerprint density at radius 3 is 2.90 bits per heavy atom. The average Bonchev–Trinajstić information content (AvgIpc) is 2.89. The summed E-state index contributed by atoms with van der Waals surface area (Å²) < 4.78 is 2.37. The quantitative estimate of drug-likeness (QED) is 0.871. The molecule has 2 aliphatic heterocycles. The van der Waals surface area contributed by atoms with E-state index in [0.29, 0.717) is 6.04 Å². The Bertz CT molecular complexity index is 649. The molecule has 0 radical (unpaired) electrons. The number of nitrogens with zero attached hydrogens (tertiary/aromatic N) is 2. The Morgan fingerprint density at radius 2 is 2.05 bits per heavy atom. The van der Waals surface area contributed by atoms with Crippen molar-refractivity contribution in [2.45, 2.75) is 22.5 Å². The Balaban J connectivity index is 1.78. The maximum Gasteiger partial charge on any atom is 0.0797 e. The van der Waals surface area contributed by atoms with Crippen LogP contribution in [0.4, 0.5) is 0 Å². The lowest BCUT2D eigenvalue weighted by molar-refractivity contribution is 0.155. The molecule has 1 aromatic carbocycles. The Labute approximate surface area is 134 Å². The molecule has 3 heterocycles. The molecule has 1 atom stereocenters. The summed E-state index contributed by atoms with van der Waals surface area (Å²) in [5.74, 6) is 0. The third-order valence-corrected chi connectivity index (χ3v) is 5.70. The number of fused-ring (bicyclic) bond motifs is 2. The highest BCUT2D eigenvalue weighted by molar-refractivity contribution is 7.99. The van der Waals surface area contributed by atoms with E-state index in [1.807, 2.05) is 17.8 Å². The monoisotopic (exact) mass is 319 g/mol. The molecule has 0 unspecified atom stereocenters. The molecule has 1 saturated heterocycles. The maximum absolute atomic E-state index is 6.27. The predicted octanol–water partition coefficient (Wildman–Crippen LogP) is 3.25. The van der Waals surface area contributed by atoms with Crippen LogP contribution in [-0.4, -0.2) is 35.6 Å². The second-order valence-electron chi connectivity index (χ2n) is 5.58. The number of benzene rings is 1. The topological polar surface area (TPSA) is 20.2 Å². The fourth-order valence-corrected chi connectivity index (χ4v) is 4.47. The summed E-state index contributed by atoms with van der Waals surface area (Å²) in [5.41, 5.74) is 1.37. The minimum atomic E-state index is 0.405. The first-order valence-corrected chi connectivity index (χ1v) is 8.58. The highest BCUT2D eigenvalue weighted by atomic mass is 35.5. The van der Waals surface area contributed by atoms with E-state index in [1.54, 1.807) is 0 Å². The van der Waals surface area contributed by atoms with E-state index in [-0.39, 0.29) is 0 Å². The summed E-state index contributed by atoms with van der Waals surface area (Å²) in [6, 6.07) is 11.1. The van der Waals surface area contributed by atoms with Crippen molar-refractivity contribution in [3.05, 3.63) is 47.1 Å². The highest BCUT2D eigenvalue weighted by Crippen LogP contribution is 2.41. The maximum atomic E-state index is 6.27. The fraction of sp³-hybridized carbons (Fsp3) is 0.375. The first-order chi connectivity index (χ1) is 10.3. The molecule has 1 N–H and O–H groups in total. The van der Waals surface area contributed by atoms with Gasteiger partial charge in [-0.2, -0.15) is 0 Å². The van der Waals surface area contributed by atoms with E-state index >= 15 is 0 Å². The Hall–Kier alpha value is -0.940. The Morgan fingerprint density at radius 1 is 1.19 bits per heavy atom. The number of aromatic nitrogens is 1. The summed E-state index contributed by atoms with van der Waals surface area (Å²) in [4.78, 5) is 3.92. The molecule has 5 heteroatoms. The van der Waals surface area contributed by atoms with Gasteiger partial charge in [-0.05, 0) is 35.9 Å². The van der Waals surface area contributed by atoms with Crippen molar-refractivity contribution in [2.24, 2.45) is 0 Å². The number of hydrogen-bond donors (Lipinski definition) is 1. The van der Waals surface area contributed by atoms with Crippen molar-refractivity contribution in [3.8, 4) is 0 Å². The lowest BCUT2D eigenvalue weighted by Gasteiger charge is -2.35. The molecule has 2 aliphatic rings. The van der Waals surface area contributed by atoms with E-state index in [2.05, 4.69) is 45.2 Å². The number of piperazine rings is 1. The molecule has 21 heavy (non-hydrogen) atoms. The lowest BCUT2D eigenvalue weighted by atomic mass is 10.0. The highest BCUT2D eigenvalue weighted by Gasteiger charge is 2.28. The number of nitrogens with one attached hydrogen (secondary N) is 1. The third kappa shape index (κ3) is 2.61. The van der Waals surface area contributed by atoms with Crippen LogP contribution in [0.25, 0.3) is 0 Å². The van der Waals surface area contributed by atoms with E-state index in [0.717, 1.165) is 37.7 Å². The van der Waals surface area contributed by atoms with Crippen molar-refractivity contribution < 1.29 is 0 Å². The van der Waals surface area contributed by atoms with Gasteiger partial charge in [-0.25, -0.2) is 0 Å². The van der Waals surface area contributed by atoms with Gasteiger partial charge in [0.15, 0.2) is 0 Å². The van der Waals surface area contributed by atoms with Gasteiger partial charge < -0.3 is 9.88 Å². The molecule has 0 amide bonds. The van der Waals surface area contributed by atoms with Crippen molar-refractivity contribution in [2.75, 3.05) is 26.2 Å². The van der Waals surface area contributed by atoms with Crippen LogP contribution in [0.3, 0.4) is 0 Å². The van der Waals surface area contributed by atoms with Crippen LogP contribution in [-0.2, 0) is 6.54 Å². The van der Waals surface area contributed by atoms with Gasteiger partial charge in [0.25, 0.3) is 0 Å². The molecule has 0 saturated carbocycles. The zero-order valence-electron chi connectivity index (χ0n) is 11.8. The molecule has 0 spiro atoms. The predicted molar refractivity (Wildman–Crippen MR) is 87.2 cm³/mol. The molecule has 0 bridgehead atoms. The third-order valence-electron chi connectivity index (χ3n) is 4.30. The van der Waals surface area contributed by atoms with Gasteiger partial charge in [-0.15, -0.1) is 0 Å².